The molecule has 1 atom stereocenters. The highest BCUT2D eigenvalue weighted by molar-refractivity contribution is 5.21. The molecule has 1 aliphatic carbocycles. The van der Waals surface area contributed by atoms with Crippen LogP contribution in [0.4, 0.5) is 0 Å². The molecule has 0 saturated heterocycles. The van der Waals surface area contributed by atoms with Crippen molar-refractivity contribution in [3.63, 3.8) is 0 Å². The van der Waals surface area contributed by atoms with E-state index in [1.165, 1.54) is 56.1 Å². The zero-order chi connectivity index (χ0) is 14.4. The van der Waals surface area contributed by atoms with E-state index in [9.17, 15) is 0 Å². The average Bonchev–Trinajstić information content (AvgIpc) is 2.47. The molecule has 0 amide bonds. The van der Waals surface area contributed by atoms with Crippen LogP contribution in [0.15, 0.2) is 18.5 Å². The summed E-state index contributed by atoms with van der Waals surface area (Å²) in [7, 11) is 2.09. The van der Waals surface area contributed by atoms with Crippen molar-refractivity contribution in [3.8, 4) is 0 Å². The van der Waals surface area contributed by atoms with Crippen molar-refractivity contribution in [2.24, 2.45) is 11.8 Å². The van der Waals surface area contributed by atoms with E-state index in [2.05, 4.69) is 37.3 Å². The first-order valence-electron chi connectivity index (χ1n) is 8.33. The van der Waals surface area contributed by atoms with Gasteiger partial charge in [-0.3, -0.25) is 4.98 Å². The van der Waals surface area contributed by atoms with Crippen molar-refractivity contribution in [2.45, 2.75) is 64.8 Å². The van der Waals surface area contributed by atoms with Crippen molar-refractivity contribution in [1.82, 2.24) is 10.3 Å². The van der Waals surface area contributed by atoms with Gasteiger partial charge in [0.05, 0.1) is 0 Å². The van der Waals surface area contributed by atoms with Crippen LogP contribution in [0, 0.1) is 18.8 Å². The number of nitrogens with one attached hydrogen (secondary N) is 1. The maximum Gasteiger partial charge on any atom is 0.0361 e. The zero-order valence-corrected chi connectivity index (χ0v) is 13.4. The van der Waals surface area contributed by atoms with Crippen LogP contribution < -0.4 is 5.32 Å². The van der Waals surface area contributed by atoms with Gasteiger partial charge in [0.25, 0.3) is 0 Å². The molecule has 0 spiro atoms. The van der Waals surface area contributed by atoms with E-state index in [1.54, 1.807) is 0 Å². The number of hydrogen-bond acceptors (Lipinski definition) is 2. The first-order chi connectivity index (χ1) is 9.74. The van der Waals surface area contributed by atoms with E-state index in [-0.39, 0.29) is 0 Å². The minimum Gasteiger partial charge on any atom is -0.313 e. The summed E-state index contributed by atoms with van der Waals surface area (Å²) in [6, 6.07) is 2.77. The molecule has 1 saturated carbocycles. The Hall–Kier alpha value is -0.890. The molecule has 1 aliphatic rings. The molecule has 0 bridgehead atoms. The van der Waals surface area contributed by atoms with Gasteiger partial charge in [-0.1, -0.05) is 45.1 Å². The smallest absolute Gasteiger partial charge is 0.0361 e. The van der Waals surface area contributed by atoms with E-state index in [0.717, 1.165) is 11.8 Å². The number of unbranched alkanes of at least 4 members (excludes halogenated alkanes) is 1. The predicted molar refractivity (Wildman–Crippen MR) is 85.7 cm³/mol. The zero-order valence-electron chi connectivity index (χ0n) is 13.4. The van der Waals surface area contributed by atoms with Crippen LogP contribution in [0.25, 0.3) is 0 Å². The number of pyridine rings is 1. The van der Waals surface area contributed by atoms with Gasteiger partial charge in [0, 0.05) is 18.4 Å². The van der Waals surface area contributed by atoms with Crippen molar-refractivity contribution in [3.05, 3.63) is 29.6 Å². The van der Waals surface area contributed by atoms with Crippen molar-refractivity contribution in [1.29, 1.82) is 0 Å². The Balaban J connectivity index is 1.93. The Bertz CT molecular complexity index is 394. The Morgan fingerprint density at radius 3 is 2.60 bits per heavy atom. The highest BCUT2D eigenvalue weighted by Gasteiger charge is 2.27. The van der Waals surface area contributed by atoms with Crippen LogP contribution in [-0.4, -0.2) is 12.0 Å². The quantitative estimate of drug-likeness (QED) is 0.817. The second-order valence-corrected chi connectivity index (χ2v) is 6.49. The first-order valence-corrected chi connectivity index (χ1v) is 8.33. The molecule has 0 radical (unpaired) electrons. The minimum absolute atomic E-state index is 0.481. The minimum atomic E-state index is 0.481. The molecule has 112 valence electrons. The first kappa shape index (κ1) is 15.5. The van der Waals surface area contributed by atoms with Gasteiger partial charge in [0.1, 0.15) is 0 Å². The van der Waals surface area contributed by atoms with Gasteiger partial charge in [-0.2, -0.15) is 0 Å². The Kier molecular flexibility index (Phi) is 6.03. The predicted octanol–water partition coefficient (Wildman–Crippen LogP) is 4.65. The van der Waals surface area contributed by atoms with Crippen molar-refractivity contribution in [2.75, 3.05) is 7.05 Å². The van der Waals surface area contributed by atoms with Crippen LogP contribution in [0.5, 0.6) is 0 Å². The number of aromatic nitrogens is 1. The molecule has 20 heavy (non-hydrogen) atoms. The van der Waals surface area contributed by atoms with Gasteiger partial charge >= 0.3 is 0 Å². The lowest BCUT2D eigenvalue weighted by Crippen LogP contribution is -2.29. The monoisotopic (exact) mass is 274 g/mol. The summed E-state index contributed by atoms with van der Waals surface area (Å²) in [5.74, 6) is 1.76. The Labute approximate surface area is 124 Å². The third-order valence-corrected chi connectivity index (χ3v) is 4.89. The van der Waals surface area contributed by atoms with E-state index in [4.69, 9.17) is 0 Å². The van der Waals surface area contributed by atoms with Gasteiger partial charge in [0.15, 0.2) is 0 Å². The summed E-state index contributed by atoms with van der Waals surface area (Å²) < 4.78 is 0. The van der Waals surface area contributed by atoms with Gasteiger partial charge in [0.2, 0.25) is 0 Å². The van der Waals surface area contributed by atoms with Crippen LogP contribution in [0.1, 0.15) is 69.0 Å². The maximum absolute atomic E-state index is 4.36. The van der Waals surface area contributed by atoms with Crippen LogP contribution in [-0.2, 0) is 0 Å². The second kappa shape index (κ2) is 7.78. The molecule has 1 aromatic rings. The molecule has 2 heteroatoms. The normalized spacial score (nSPS) is 24.6. The lowest BCUT2D eigenvalue weighted by molar-refractivity contribution is 0.218. The number of hydrogen-bond donors (Lipinski definition) is 1. The number of rotatable bonds is 6. The topological polar surface area (TPSA) is 24.9 Å². The molecule has 1 N–H and O–H groups in total. The molecular formula is C18H30N2. The van der Waals surface area contributed by atoms with Crippen LogP contribution >= 0.6 is 0 Å². The van der Waals surface area contributed by atoms with Gasteiger partial charge < -0.3 is 5.32 Å². The van der Waals surface area contributed by atoms with E-state index >= 15 is 0 Å². The highest BCUT2D eigenvalue weighted by atomic mass is 14.9. The van der Waals surface area contributed by atoms with Gasteiger partial charge in [-0.25, -0.2) is 0 Å². The molecule has 2 rings (SSSR count). The number of nitrogens with zero attached hydrogens (tertiary/aromatic N) is 1. The molecule has 2 nitrogen and oxygen atoms in total. The standard InChI is InChI=1S/C18H30N2/c1-4-5-6-15-7-9-16(10-8-15)18(19-3)17-11-14(2)12-20-13-17/h11-13,15-16,18-19H,4-10H2,1-3H3. The summed E-state index contributed by atoms with van der Waals surface area (Å²) in [4.78, 5) is 4.36. The fraction of sp³-hybridized carbons (Fsp3) is 0.722. The maximum atomic E-state index is 4.36. The van der Waals surface area contributed by atoms with Gasteiger partial charge in [-0.15, -0.1) is 0 Å². The molecule has 1 fully saturated rings. The molecule has 1 aromatic heterocycles. The van der Waals surface area contributed by atoms with Gasteiger partial charge in [-0.05, 0) is 49.8 Å². The molecular weight excluding hydrogens is 244 g/mol. The molecule has 1 heterocycles. The summed E-state index contributed by atoms with van der Waals surface area (Å²) >= 11 is 0. The highest BCUT2D eigenvalue weighted by Crippen LogP contribution is 2.38. The fourth-order valence-corrected chi connectivity index (χ4v) is 3.73. The summed E-state index contributed by atoms with van der Waals surface area (Å²) in [5.41, 5.74) is 2.63. The molecule has 1 unspecified atom stereocenters. The Morgan fingerprint density at radius 2 is 2.00 bits per heavy atom. The summed E-state index contributed by atoms with van der Waals surface area (Å²) in [5, 5.41) is 3.53. The fourth-order valence-electron chi connectivity index (χ4n) is 3.73. The Morgan fingerprint density at radius 1 is 1.25 bits per heavy atom. The third kappa shape index (κ3) is 4.05. The second-order valence-electron chi connectivity index (χ2n) is 6.49. The van der Waals surface area contributed by atoms with E-state index in [1.807, 2.05) is 12.4 Å². The van der Waals surface area contributed by atoms with Crippen LogP contribution in [0.2, 0.25) is 0 Å². The molecule has 0 aromatic carbocycles. The SMILES string of the molecule is CCCCC1CCC(C(NC)c2cncc(C)c2)CC1. The third-order valence-electron chi connectivity index (χ3n) is 4.89. The van der Waals surface area contributed by atoms with Crippen molar-refractivity contribution >= 4 is 0 Å². The van der Waals surface area contributed by atoms with Crippen molar-refractivity contribution < 1.29 is 0 Å². The van der Waals surface area contributed by atoms with E-state index < -0.39 is 0 Å². The summed E-state index contributed by atoms with van der Waals surface area (Å²) in [6.07, 6.45) is 13.8. The number of aryl methyl sites for hydroxylation is 1. The van der Waals surface area contributed by atoms with E-state index in [0.29, 0.717) is 6.04 Å². The lowest BCUT2D eigenvalue weighted by Gasteiger charge is -2.34. The largest absolute Gasteiger partial charge is 0.313 e. The van der Waals surface area contributed by atoms with Crippen LogP contribution in [0.3, 0.4) is 0 Å². The average molecular weight is 274 g/mol. The lowest BCUT2D eigenvalue weighted by atomic mass is 9.75. The summed E-state index contributed by atoms with van der Waals surface area (Å²) in [6.45, 7) is 4.43. The molecule has 0 aliphatic heterocycles.